The largest absolute Gasteiger partial charge is 0.472 e. The van der Waals surface area contributed by atoms with Crippen molar-refractivity contribution in [3.05, 3.63) is 122 Å². The molecule has 3 N–H and O–H groups in total. The van der Waals surface area contributed by atoms with E-state index in [1.165, 1.54) is 109 Å². The Kier molecular flexibility index (Phi) is 58.7. The van der Waals surface area contributed by atoms with Gasteiger partial charge < -0.3 is 20.1 Å². The molecule has 0 aliphatic rings. The quantitative estimate of drug-likeness (QED) is 0.0264. The monoisotopic (exact) mass is 1090 g/mol. The van der Waals surface area contributed by atoms with E-state index in [1.54, 1.807) is 0 Å². The molecule has 0 rings (SSSR count). The van der Waals surface area contributed by atoms with Crippen LogP contribution in [0, 0.1) is 0 Å². The highest BCUT2D eigenvalue weighted by molar-refractivity contribution is 7.47. The Morgan fingerprint density at radius 1 is 0.403 bits per heavy atom. The lowest BCUT2D eigenvalue weighted by atomic mass is 10.0. The van der Waals surface area contributed by atoms with Crippen molar-refractivity contribution in [1.29, 1.82) is 0 Å². The molecule has 77 heavy (non-hydrogen) atoms. The Morgan fingerprint density at radius 3 is 1.06 bits per heavy atom. The zero-order chi connectivity index (χ0) is 55.9. The molecule has 0 amide bonds. The highest BCUT2D eigenvalue weighted by Crippen LogP contribution is 2.43. The maximum absolute atomic E-state index is 12.7. The number of phosphoric ester groups is 1. The van der Waals surface area contributed by atoms with Gasteiger partial charge in [0.2, 0.25) is 0 Å². The SMILES string of the molecule is CC/C=C\C/C=C\C/C=C\C/C=C\C/C=C\C/C=C\C/C=C\CCCCCCCCCCCCCCCC(=O)OC(COC(=O)CCCCCCCC/C=C\C/C=C\C/C=C\CCCCCCC)COP(=O)(O)OCCN. The van der Waals surface area contributed by atoms with Crippen molar-refractivity contribution in [2.24, 2.45) is 5.73 Å². The van der Waals surface area contributed by atoms with Gasteiger partial charge >= 0.3 is 19.8 Å². The van der Waals surface area contributed by atoms with Gasteiger partial charge in [-0.3, -0.25) is 18.6 Å². The van der Waals surface area contributed by atoms with E-state index < -0.39 is 32.5 Å². The van der Waals surface area contributed by atoms with Crippen molar-refractivity contribution in [2.75, 3.05) is 26.4 Å². The first-order valence-corrected chi connectivity index (χ1v) is 32.5. The summed E-state index contributed by atoms with van der Waals surface area (Å²) in [7, 11) is -4.40. The zero-order valence-electron chi connectivity index (χ0n) is 49.2. The minimum Gasteiger partial charge on any atom is -0.462 e. The molecule has 0 saturated heterocycles. The summed E-state index contributed by atoms with van der Waals surface area (Å²) in [5, 5.41) is 0. The molecule has 0 aromatic rings. The summed E-state index contributed by atoms with van der Waals surface area (Å²) in [4.78, 5) is 35.2. The van der Waals surface area contributed by atoms with Crippen LogP contribution in [0.3, 0.4) is 0 Å². The van der Waals surface area contributed by atoms with Crippen LogP contribution in [-0.2, 0) is 32.7 Å². The van der Waals surface area contributed by atoms with Crippen LogP contribution in [-0.4, -0.2) is 49.3 Å². The van der Waals surface area contributed by atoms with Gasteiger partial charge in [-0.1, -0.05) is 257 Å². The number of unbranched alkanes of at least 4 members (excludes halogenated alkanes) is 24. The van der Waals surface area contributed by atoms with E-state index in [0.717, 1.165) is 109 Å². The highest BCUT2D eigenvalue weighted by Gasteiger charge is 2.26. The van der Waals surface area contributed by atoms with E-state index >= 15 is 0 Å². The van der Waals surface area contributed by atoms with E-state index in [0.29, 0.717) is 12.8 Å². The summed E-state index contributed by atoms with van der Waals surface area (Å²) in [5.41, 5.74) is 5.39. The molecule has 0 spiro atoms. The number of hydrogen-bond acceptors (Lipinski definition) is 8. The minimum absolute atomic E-state index is 0.0461. The van der Waals surface area contributed by atoms with Crippen LogP contribution in [0.4, 0.5) is 0 Å². The molecule has 0 heterocycles. The minimum atomic E-state index is -4.40. The number of esters is 2. The molecule has 440 valence electrons. The lowest BCUT2D eigenvalue weighted by Crippen LogP contribution is -2.29. The fourth-order valence-electron chi connectivity index (χ4n) is 8.27. The molecule has 0 aromatic carbocycles. The molecule has 2 unspecified atom stereocenters. The lowest BCUT2D eigenvalue weighted by molar-refractivity contribution is -0.161. The van der Waals surface area contributed by atoms with E-state index in [9.17, 15) is 19.0 Å². The first-order valence-electron chi connectivity index (χ1n) is 31.0. The topological polar surface area (TPSA) is 134 Å². The summed E-state index contributed by atoms with van der Waals surface area (Å²) in [5.74, 6) is -0.846. The number of hydrogen-bond donors (Lipinski definition) is 2. The second-order valence-electron chi connectivity index (χ2n) is 20.2. The summed E-state index contributed by atoms with van der Waals surface area (Å²) in [6, 6.07) is 0. The molecule has 0 radical (unpaired) electrons. The standard InChI is InChI=1S/C67H114NO8P/c1-3-5-7-9-11-13-15-17-19-21-23-25-26-27-28-29-30-31-32-33-34-35-36-37-38-40-42-44-46-48-50-52-54-56-58-60-67(70)76-65(64-75-77(71,72)74-62-61-68)63-73-66(69)59-57-55-53-51-49-47-45-43-41-39-24-22-20-18-16-14-12-10-8-6-4-2/h5,7,11,13,16-19,22-25,27-28,30-31,33-34,41,43,65H,3-4,6,8-10,12,14-15,20-21,26,29,32,35-40,42,44-64,68H2,1-2H3,(H,71,72)/b7-5-,13-11-,18-16-,19-17-,24-22-,25-23-,28-27-,31-30-,34-33-,43-41-. The van der Waals surface area contributed by atoms with Crippen molar-refractivity contribution < 1.29 is 37.6 Å². The second-order valence-corrected chi connectivity index (χ2v) is 21.6. The molecule has 0 bridgehead atoms. The summed E-state index contributed by atoms with van der Waals surface area (Å²) >= 11 is 0. The van der Waals surface area contributed by atoms with Crippen LogP contribution in [0.25, 0.3) is 0 Å². The first kappa shape index (κ1) is 73.4. The third-order valence-electron chi connectivity index (χ3n) is 12.8. The fourth-order valence-corrected chi connectivity index (χ4v) is 9.04. The van der Waals surface area contributed by atoms with Crippen LogP contribution in [0.15, 0.2) is 122 Å². The predicted octanol–water partition coefficient (Wildman–Crippen LogP) is 20.0. The molecule has 10 heteroatoms. The number of rotatable bonds is 57. The van der Waals surface area contributed by atoms with Gasteiger partial charge in [-0.05, 0) is 109 Å². The van der Waals surface area contributed by atoms with E-state index in [1.807, 2.05) is 0 Å². The number of nitrogens with two attached hydrogens (primary N) is 1. The smallest absolute Gasteiger partial charge is 0.462 e. The Labute approximate surface area is 472 Å². The Hall–Kier alpha value is -3.59. The first-order chi connectivity index (χ1) is 37.8. The van der Waals surface area contributed by atoms with Gasteiger partial charge in [-0.2, -0.15) is 0 Å². The molecular weight excluding hydrogens is 978 g/mol. The lowest BCUT2D eigenvalue weighted by Gasteiger charge is -2.19. The maximum atomic E-state index is 12.7. The van der Waals surface area contributed by atoms with Crippen molar-refractivity contribution in [3.8, 4) is 0 Å². The van der Waals surface area contributed by atoms with E-state index in [4.69, 9.17) is 24.3 Å². The number of ether oxygens (including phenoxy) is 2. The average Bonchev–Trinajstić information content (AvgIpc) is 3.42. The summed E-state index contributed by atoms with van der Waals surface area (Å²) < 4.78 is 33.1. The van der Waals surface area contributed by atoms with Gasteiger partial charge in [0.1, 0.15) is 6.61 Å². The van der Waals surface area contributed by atoms with Crippen molar-refractivity contribution >= 4 is 19.8 Å². The molecule has 0 aliphatic heterocycles. The van der Waals surface area contributed by atoms with Crippen LogP contribution in [0.2, 0.25) is 0 Å². The molecule has 0 aliphatic carbocycles. The van der Waals surface area contributed by atoms with E-state index in [-0.39, 0.29) is 32.6 Å². The van der Waals surface area contributed by atoms with Gasteiger partial charge in [0.25, 0.3) is 0 Å². The molecule has 0 aromatic heterocycles. The number of carbonyl (C=O) groups is 2. The third kappa shape index (κ3) is 61.5. The number of allylic oxidation sites excluding steroid dienone is 20. The fraction of sp³-hybridized carbons (Fsp3) is 0.672. The average molecular weight is 1090 g/mol. The second kappa shape index (κ2) is 61.6. The van der Waals surface area contributed by atoms with Crippen LogP contribution in [0.5, 0.6) is 0 Å². The van der Waals surface area contributed by atoms with Crippen molar-refractivity contribution in [1.82, 2.24) is 0 Å². The normalized spacial score (nSPS) is 13.9. The van der Waals surface area contributed by atoms with Gasteiger partial charge in [-0.25, -0.2) is 4.57 Å². The van der Waals surface area contributed by atoms with Gasteiger partial charge in [0.05, 0.1) is 13.2 Å². The molecule has 0 saturated carbocycles. The number of carbonyl (C=O) groups excluding carboxylic acids is 2. The Morgan fingerprint density at radius 2 is 0.714 bits per heavy atom. The zero-order valence-corrected chi connectivity index (χ0v) is 50.0. The summed E-state index contributed by atoms with van der Waals surface area (Å²) in [6.45, 7) is 3.60. The maximum Gasteiger partial charge on any atom is 0.472 e. The third-order valence-corrected chi connectivity index (χ3v) is 13.8. The van der Waals surface area contributed by atoms with Crippen LogP contribution in [0.1, 0.15) is 258 Å². The molecule has 2 atom stereocenters. The molecular formula is C67H114NO8P. The van der Waals surface area contributed by atoms with Crippen LogP contribution >= 0.6 is 7.82 Å². The van der Waals surface area contributed by atoms with Gasteiger partial charge in [-0.15, -0.1) is 0 Å². The highest BCUT2D eigenvalue weighted by atomic mass is 31.2. The Balaban J connectivity index is 3.98. The van der Waals surface area contributed by atoms with Crippen molar-refractivity contribution in [3.63, 3.8) is 0 Å². The van der Waals surface area contributed by atoms with Crippen LogP contribution < -0.4 is 5.73 Å². The van der Waals surface area contributed by atoms with Gasteiger partial charge in [0, 0.05) is 19.4 Å². The predicted molar refractivity (Wildman–Crippen MR) is 330 cm³/mol. The van der Waals surface area contributed by atoms with E-state index in [2.05, 4.69) is 135 Å². The molecule has 0 fully saturated rings. The summed E-state index contributed by atoms with van der Waals surface area (Å²) in [6.07, 6.45) is 85.4. The molecule has 9 nitrogen and oxygen atoms in total. The van der Waals surface area contributed by atoms with Gasteiger partial charge in [0.15, 0.2) is 6.10 Å². The Bertz CT molecular complexity index is 1670. The van der Waals surface area contributed by atoms with Crippen molar-refractivity contribution in [2.45, 2.75) is 264 Å². The number of phosphoric acid groups is 1.